The van der Waals surface area contributed by atoms with Gasteiger partial charge in [0, 0.05) is 34.7 Å². The van der Waals surface area contributed by atoms with E-state index >= 15 is 0 Å². The van der Waals surface area contributed by atoms with Crippen LogP contribution in [-0.2, 0) is 11.2 Å². The number of allylic oxidation sites excluding steroid dienone is 1. The maximum atomic E-state index is 12.6. The number of rotatable bonds is 8. The lowest BCUT2D eigenvalue weighted by Crippen LogP contribution is -2.22. The molecule has 0 aliphatic heterocycles. The Labute approximate surface area is 201 Å². The van der Waals surface area contributed by atoms with E-state index < -0.39 is 0 Å². The van der Waals surface area contributed by atoms with Gasteiger partial charge in [0.05, 0.1) is 13.4 Å². The Kier molecular flexibility index (Phi) is 7.17. The quantitative estimate of drug-likeness (QED) is 0.234. The summed E-state index contributed by atoms with van der Waals surface area (Å²) in [5, 5.41) is 4.01. The normalized spacial score (nSPS) is 11.6. The van der Waals surface area contributed by atoms with Crippen LogP contribution in [0.5, 0.6) is 5.75 Å². The first kappa shape index (κ1) is 23.4. The fraction of sp³-hybridized carbons (Fsp3) is 0.233. The van der Waals surface area contributed by atoms with Gasteiger partial charge in [0.25, 0.3) is 0 Å². The number of methoxy groups -OCH3 is 1. The average Bonchev–Trinajstić information content (AvgIpc) is 3.27. The largest absolute Gasteiger partial charge is 0.496 e. The highest BCUT2D eigenvalue weighted by atomic mass is 16.5. The number of ether oxygens (including phenoxy) is 1. The van der Waals surface area contributed by atoms with Crippen LogP contribution in [0, 0.1) is 13.8 Å². The molecule has 0 bridgehead atoms. The smallest absolute Gasteiger partial charge is 0.244 e. The van der Waals surface area contributed by atoms with E-state index in [9.17, 15) is 4.79 Å². The average molecular weight is 454 g/mol. The highest BCUT2D eigenvalue weighted by Gasteiger charge is 2.18. The van der Waals surface area contributed by atoms with Crippen molar-refractivity contribution in [3.05, 3.63) is 95.3 Å². The first-order valence-corrected chi connectivity index (χ1v) is 11.6. The van der Waals surface area contributed by atoms with E-state index in [0.717, 1.165) is 57.4 Å². The Morgan fingerprint density at radius 1 is 1.06 bits per heavy atom. The van der Waals surface area contributed by atoms with Crippen molar-refractivity contribution in [3.8, 4) is 16.9 Å². The predicted octanol–water partition coefficient (Wildman–Crippen LogP) is 6.88. The number of furan rings is 1. The minimum absolute atomic E-state index is 0.101. The minimum atomic E-state index is -0.101. The number of fused-ring (bicyclic) bond motifs is 1. The maximum Gasteiger partial charge on any atom is 0.244 e. The molecule has 4 heteroatoms. The molecule has 4 nitrogen and oxygen atoms in total. The van der Waals surface area contributed by atoms with Gasteiger partial charge in [-0.1, -0.05) is 60.2 Å². The summed E-state index contributed by atoms with van der Waals surface area (Å²) in [5.41, 5.74) is 8.07. The number of hydrogen-bond donors (Lipinski definition) is 1. The first-order chi connectivity index (χ1) is 16.5. The summed E-state index contributed by atoms with van der Waals surface area (Å²) < 4.78 is 11.7. The molecular weight excluding hydrogens is 422 g/mol. The molecule has 3 aromatic carbocycles. The van der Waals surface area contributed by atoms with Gasteiger partial charge >= 0.3 is 0 Å². The number of hydrogen-bond acceptors (Lipinski definition) is 3. The monoisotopic (exact) mass is 453 g/mol. The van der Waals surface area contributed by atoms with E-state index in [1.54, 1.807) is 19.4 Å². The van der Waals surface area contributed by atoms with Crippen molar-refractivity contribution in [2.75, 3.05) is 13.7 Å². The Morgan fingerprint density at radius 3 is 2.50 bits per heavy atom. The van der Waals surface area contributed by atoms with Crippen molar-refractivity contribution in [1.29, 1.82) is 0 Å². The van der Waals surface area contributed by atoms with Crippen molar-refractivity contribution in [3.63, 3.8) is 0 Å². The summed E-state index contributed by atoms with van der Waals surface area (Å²) >= 11 is 0. The van der Waals surface area contributed by atoms with E-state index in [1.165, 1.54) is 11.1 Å². The van der Waals surface area contributed by atoms with Crippen LogP contribution in [0.1, 0.15) is 35.6 Å². The molecule has 0 saturated carbocycles. The summed E-state index contributed by atoms with van der Waals surface area (Å²) in [6, 6.07) is 20.8. The van der Waals surface area contributed by atoms with Crippen molar-refractivity contribution >= 4 is 22.4 Å². The van der Waals surface area contributed by atoms with Crippen LogP contribution >= 0.6 is 0 Å². The number of nitrogens with one attached hydrogen (secondary N) is 1. The zero-order valence-corrected chi connectivity index (χ0v) is 20.3. The molecule has 1 N–H and O–H groups in total. The number of aryl methyl sites for hydroxylation is 3. The van der Waals surface area contributed by atoms with Gasteiger partial charge in [0.1, 0.15) is 11.3 Å². The number of carbonyl (C=O) groups excluding carboxylic acids is 1. The zero-order chi connectivity index (χ0) is 24.1. The molecule has 0 aliphatic rings. The molecule has 1 amide bonds. The summed E-state index contributed by atoms with van der Waals surface area (Å²) in [5.74, 6) is 0.624. The molecule has 174 valence electrons. The second-order valence-electron chi connectivity index (χ2n) is 8.68. The van der Waals surface area contributed by atoms with Crippen LogP contribution in [-0.4, -0.2) is 19.6 Å². The summed E-state index contributed by atoms with van der Waals surface area (Å²) in [6.07, 6.45) is 5.28. The summed E-state index contributed by atoms with van der Waals surface area (Å²) in [7, 11) is 1.65. The molecule has 1 aromatic heterocycles. The summed E-state index contributed by atoms with van der Waals surface area (Å²) in [6.45, 7) is 6.64. The fourth-order valence-electron chi connectivity index (χ4n) is 4.30. The number of benzene rings is 3. The Bertz CT molecular complexity index is 1310. The second kappa shape index (κ2) is 10.4. The third kappa shape index (κ3) is 5.07. The first-order valence-electron chi connectivity index (χ1n) is 11.6. The lowest BCUT2D eigenvalue weighted by atomic mass is 9.96. The molecule has 34 heavy (non-hydrogen) atoms. The minimum Gasteiger partial charge on any atom is -0.496 e. The van der Waals surface area contributed by atoms with Crippen molar-refractivity contribution in [2.24, 2.45) is 0 Å². The lowest BCUT2D eigenvalue weighted by molar-refractivity contribution is -0.116. The number of carbonyl (C=O) groups is 1. The molecule has 4 aromatic rings. The van der Waals surface area contributed by atoms with Gasteiger partial charge in [0.15, 0.2) is 0 Å². The van der Waals surface area contributed by atoms with Gasteiger partial charge in [-0.25, -0.2) is 0 Å². The molecular formula is C30H31NO3. The van der Waals surface area contributed by atoms with Gasteiger partial charge in [-0.05, 0) is 56.4 Å². The third-order valence-electron chi connectivity index (χ3n) is 6.17. The second-order valence-corrected chi connectivity index (χ2v) is 8.68. The van der Waals surface area contributed by atoms with Crippen molar-refractivity contribution < 1.29 is 13.9 Å². The molecule has 0 fully saturated rings. The standard InChI is InChI=1S/C30H31NO3/c1-20-12-14-24(15-13-20)27-19-34-30-22(3)29(33-4)25(18-26(27)30)21(2)17-28(32)31-16-8-11-23-9-6-5-7-10-23/h5-7,9-10,12-15,17-19H,8,11,16H2,1-4H3,(H,31,32)/b21-17+. The molecule has 0 aliphatic carbocycles. The van der Waals surface area contributed by atoms with E-state index in [4.69, 9.17) is 9.15 Å². The molecule has 0 spiro atoms. The van der Waals surface area contributed by atoms with E-state index in [0.29, 0.717) is 6.54 Å². The van der Waals surface area contributed by atoms with Crippen LogP contribution in [0.15, 0.2) is 77.4 Å². The van der Waals surface area contributed by atoms with Crippen LogP contribution in [0.25, 0.3) is 27.7 Å². The van der Waals surface area contributed by atoms with Crippen LogP contribution in [0.4, 0.5) is 0 Å². The highest BCUT2D eigenvalue weighted by Crippen LogP contribution is 2.40. The van der Waals surface area contributed by atoms with Crippen molar-refractivity contribution in [2.45, 2.75) is 33.6 Å². The van der Waals surface area contributed by atoms with E-state index in [1.807, 2.05) is 32.0 Å². The van der Waals surface area contributed by atoms with Crippen LogP contribution < -0.4 is 10.1 Å². The summed E-state index contributed by atoms with van der Waals surface area (Å²) in [4.78, 5) is 12.6. The van der Waals surface area contributed by atoms with Gasteiger partial charge in [-0.2, -0.15) is 0 Å². The Hall–Kier alpha value is -3.79. The van der Waals surface area contributed by atoms with Crippen LogP contribution in [0.3, 0.4) is 0 Å². The van der Waals surface area contributed by atoms with Gasteiger partial charge in [0.2, 0.25) is 5.91 Å². The Balaban J connectivity index is 1.56. The van der Waals surface area contributed by atoms with Gasteiger partial charge < -0.3 is 14.5 Å². The highest BCUT2D eigenvalue weighted by molar-refractivity contribution is 6.01. The van der Waals surface area contributed by atoms with E-state index in [2.05, 4.69) is 54.7 Å². The third-order valence-corrected chi connectivity index (χ3v) is 6.17. The molecule has 1 heterocycles. The number of amides is 1. The zero-order valence-electron chi connectivity index (χ0n) is 20.3. The van der Waals surface area contributed by atoms with Crippen molar-refractivity contribution in [1.82, 2.24) is 5.32 Å². The van der Waals surface area contributed by atoms with E-state index in [-0.39, 0.29) is 5.91 Å². The molecule has 0 saturated heterocycles. The van der Waals surface area contributed by atoms with Crippen LogP contribution in [0.2, 0.25) is 0 Å². The lowest BCUT2D eigenvalue weighted by Gasteiger charge is -2.13. The molecule has 0 atom stereocenters. The maximum absolute atomic E-state index is 12.6. The Morgan fingerprint density at radius 2 is 1.79 bits per heavy atom. The van der Waals surface area contributed by atoms with Gasteiger partial charge in [-0.15, -0.1) is 0 Å². The topological polar surface area (TPSA) is 51.5 Å². The molecule has 4 rings (SSSR count). The fourth-order valence-corrected chi connectivity index (χ4v) is 4.30. The van der Waals surface area contributed by atoms with Gasteiger partial charge in [-0.3, -0.25) is 4.79 Å². The SMILES string of the molecule is COc1c(/C(C)=C/C(=O)NCCCc2ccccc2)cc2c(-c3ccc(C)cc3)coc2c1C. The molecule has 0 radical (unpaired) electrons. The predicted molar refractivity (Wildman–Crippen MR) is 139 cm³/mol. The molecule has 0 unspecified atom stereocenters.